The molecule has 4 heteroatoms. The zero-order valence-electron chi connectivity index (χ0n) is 13.1. The average Bonchev–Trinajstić information content (AvgIpc) is 2.86. The highest BCUT2D eigenvalue weighted by Crippen LogP contribution is 2.14. The van der Waals surface area contributed by atoms with E-state index in [1.165, 1.54) is 0 Å². The Morgan fingerprint density at radius 3 is 2.30 bits per heavy atom. The molecule has 0 amide bonds. The lowest BCUT2D eigenvalue weighted by molar-refractivity contribution is 0.301. The van der Waals surface area contributed by atoms with Gasteiger partial charge in [-0.2, -0.15) is 0 Å². The summed E-state index contributed by atoms with van der Waals surface area (Å²) in [5.74, 6) is 0.887. The van der Waals surface area contributed by atoms with E-state index in [1.54, 1.807) is 0 Å². The first-order chi connectivity index (χ1) is 11.3. The number of nitrogens with zero attached hydrogens (tertiary/aromatic N) is 2. The fourth-order valence-electron chi connectivity index (χ4n) is 2.76. The first-order valence-corrected chi connectivity index (χ1v) is 7.82. The fourth-order valence-corrected chi connectivity index (χ4v) is 2.76. The molecule has 23 heavy (non-hydrogen) atoms. The van der Waals surface area contributed by atoms with Crippen molar-refractivity contribution in [3.8, 4) is 5.75 Å². The minimum absolute atomic E-state index is 0.505. The summed E-state index contributed by atoms with van der Waals surface area (Å²) in [5.41, 5.74) is 2.66. The van der Waals surface area contributed by atoms with Gasteiger partial charge in [0.25, 0.3) is 0 Å². The number of rotatable bonds is 7. The van der Waals surface area contributed by atoms with Crippen LogP contribution in [0.1, 0.15) is 6.42 Å². The number of fused-ring (bicyclic) bond motifs is 1. The van der Waals surface area contributed by atoms with Crippen molar-refractivity contribution >= 4 is 11.0 Å². The van der Waals surface area contributed by atoms with Crippen LogP contribution in [0.4, 0.5) is 0 Å². The number of benzene rings is 2. The van der Waals surface area contributed by atoms with Crippen molar-refractivity contribution in [3.05, 3.63) is 72.9 Å². The van der Waals surface area contributed by atoms with Gasteiger partial charge in [0.15, 0.2) is 0 Å². The molecule has 0 unspecified atom stereocenters. The number of imidazole rings is 1. The number of aryl methyl sites for hydroxylation is 1. The smallest absolute Gasteiger partial charge is 0.203 e. The second-order valence-corrected chi connectivity index (χ2v) is 5.38. The molecule has 0 bridgehead atoms. The maximum atomic E-state index is 8.42. The predicted octanol–water partition coefficient (Wildman–Crippen LogP) is 3.58. The van der Waals surface area contributed by atoms with Gasteiger partial charge in [0.1, 0.15) is 5.75 Å². The lowest BCUT2D eigenvalue weighted by Gasteiger charge is -2.07. The van der Waals surface area contributed by atoms with E-state index in [4.69, 9.17) is 10.1 Å². The molecule has 1 aromatic heterocycles. The van der Waals surface area contributed by atoms with Crippen molar-refractivity contribution in [1.82, 2.24) is 9.13 Å². The molecule has 3 aromatic rings. The number of ether oxygens (including phenoxy) is 1. The van der Waals surface area contributed by atoms with Crippen LogP contribution in [0.25, 0.3) is 11.0 Å². The van der Waals surface area contributed by atoms with Crippen molar-refractivity contribution in [3.63, 3.8) is 0 Å². The van der Waals surface area contributed by atoms with Crippen LogP contribution in [0, 0.1) is 5.41 Å². The minimum atomic E-state index is 0.505. The molecule has 0 saturated carbocycles. The fraction of sp³-hybridized carbons (Fsp3) is 0.211. The lowest BCUT2D eigenvalue weighted by Crippen LogP contribution is -2.25. The summed E-state index contributed by atoms with van der Waals surface area (Å²) in [4.78, 5) is 0. The Kier molecular flexibility index (Phi) is 4.62. The third-order valence-electron chi connectivity index (χ3n) is 3.82. The molecule has 0 aliphatic carbocycles. The largest absolute Gasteiger partial charge is 0.494 e. The standard InChI is InChI=1S/C19H21N3O/c1-2-13-21-17-11-6-7-12-18(17)22(19(21)20)14-8-15-23-16-9-4-3-5-10-16/h2-7,9-12,20H,1,8,13-15H2. The molecule has 4 nitrogen and oxygen atoms in total. The average molecular weight is 307 g/mol. The Balaban J connectivity index is 1.74. The topological polar surface area (TPSA) is 42.9 Å². The monoisotopic (exact) mass is 307 g/mol. The molecule has 1 heterocycles. The summed E-state index contributed by atoms with van der Waals surface area (Å²) in [7, 11) is 0. The van der Waals surface area contributed by atoms with Gasteiger partial charge in [-0.1, -0.05) is 36.4 Å². The SMILES string of the molecule is C=CCn1c(=N)n(CCCOc2ccccc2)c2ccccc21. The molecule has 118 valence electrons. The first kappa shape index (κ1) is 15.2. The molecule has 3 rings (SSSR count). The van der Waals surface area contributed by atoms with Crippen molar-refractivity contribution in [1.29, 1.82) is 5.41 Å². The van der Waals surface area contributed by atoms with E-state index in [9.17, 15) is 0 Å². The molecular weight excluding hydrogens is 286 g/mol. The first-order valence-electron chi connectivity index (χ1n) is 7.82. The molecular formula is C19H21N3O. The van der Waals surface area contributed by atoms with E-state index in [0.29, 0.717) is 18.8 Å². The van der Waals surface area contributed by atoms with Gasteiger partial charge in [-0.15, -0.1) is 6.58 Å². The van der Waals surface area contributed by atoms with Crippen molar-refractivity contribution in [2.24, 2.45) is 0 Å². The second kappa shape index (κ2) is 7.01. The molecule has 0 atom stereocenters. The van der Waals surface area contributed by atoms with Gasteiger partial charge in [-0.05, 0) is 30.7 Å². The zero-order valence-corrected chi connectivity index (χ0v) is 13.1. The highest BCUT2D eigenvalue weighted by Gasteiger charge is 2.09. The number of hydrogen-bond acceptors (Lipinski definition) is 2. The summed E-state index contributed by atoms with van der Waals surface area (Å²) in [5, 5.41) is 8.42. The van der Waals surface area contributed by atoms with Crippen molar-refractivity contribution in [2.45, 2.75) is 19.5 Å². The predicted molar refractivity (Wildman–Crippen MR) is 92.5 cm³/mol. The Bertz CT molecular complexity index is 846. The summed E-state index contributed by atoms with van der Waals surface area (Å²) in [6.07, 6.45) is 2.68. The third kappa shape index (κ3) is 3.21. The van der Waals surface area contributed by atoms with Gasteiger partial charge in [-0.25, -0.2) is 0 Å². The summed E-state index contributed by atoms with van der Waals surface area (Å²) in [6, 6.07) is 17.9. The van der Waals surface area contributed by atoms with Crippen LogP contribution in [0.5, 0.6) is 5.75 Å². The molecule has 0 saturated heterocycles. The zero-order chi connectivity index (χ0) is 16.1. The molecule has 2 aromatic carbocycles. The Hall–Kier alpha value is -2.75. The van der Waals surface area contributed by atoms with Crippen LogP contribution in [-0.2, 0) is 13.1 Å². The van der Waals surface area contributed by atoms with E-state index in [1.807, 2.05) is 63.7 Å². The van der Waals surface area contributed by atoms with Crippen LogP contribution in [-0.4, -0.2) is 15.7 Å². The normalized spacial score (nSPS) is 10.8. The summed E-state index contributed by atoms with van der Waals surface area (Å²) < 4.78 is 9.74. The molecule has 1 N–H and O–H groups in total. The van der Waals surface area contributed by atoms with Crippen LogP contribution in [0.2, 0.25) is 0 Å². The van der Waals surface area contributed by atoms with E-state index < -0.39 is 0 Å². The Labute approximate surface area is 135 Å². The van der Waals surface area contributed by atoms with E-state index in [0.717, 1.165) is 29.7 Å². The molecule has 0 radical (unpaired) electrons. The Morgan fingerprint density at radius 1 is 0.957 bits per heavy atom. The number of hydrogen-bond donors (Lipinski definition) is 1. The van der Waals surface area contributed by atoms with Crippen molar-refractivity contribution in [2.75, 3.05) is 6.61 Å². The van der Waals surface area contributed by atoms with Crippen LogP contribution < -0.4 is 10.4 Å². The maximum Gasteiger partial charge on any atom is 0.203 e. The third-order valence-corrected chi connectivity index (χ3v) is 3.82. The van der Waals surface area contributed by atoms with Gasteiger partial charge in [0, 0.05) is 13.1 Å². The summed E-state index contributed by atoms with van der Waals surface area (Å²) in [6.45, 7) is 5.83. The van der Waals surface area contributed by atoms with Crippen molar-refractivity contribution < 1.29 is 4.74 Å². The van der Waals surface area contributed by atoms with Gasteiger partial charge < -0.3 is 13.9 Å². The van der Waals surface area contributed by atoms with Gasteiger partial charge in [-0.3, -0.25) is 5.41 Å². The number of aromatic nitrogens is 2. The van der Waals surface area contributed by atoms with Crippen LogP contribution in [0.15, 0.2) is 67.3 Å². The van der Waals surface area contributed by atoms with Gasteiger partial charge in [0.2, 0.25) is 5.62 Å². The molecule has 0 spiro atoms. The van der Waals surface area contributed by atoms with Gasteiger partial charge in [0.05, 0.1) is 17.6 Å². The van der Waals surface area contributed by atoms with Gasteiger partial charge >= 0.3 is 0 Å². The minimum Gasteiger partial charge on any atom is -0.494 e. The number of para-hydroxylation sites is 3. The summed E-state index contributed by atoms with van der Waals surface area (Å²) >= 11 is 0. The van der Waals surface area contributed by atoms with Crippen LogP contribution >= 0.6 is 0 Å². The lowest BCUT2D eigenvalue weighted by atomic mass is 10.3. The molecule has 0 fully saturated rings. The molecule has 0 aliphatic rings. The maximum absolute atomic E-state index is 8.42. The molecule has 0 aliphatic heterocycles. The Morgan fingerprint density at radius 2 is 1.61 bits per heavy atom. The number of nitrogens with one attached hydrogen (secondary N) is 1. The second-order valence-electron chi connectivity index (χ2n) is 5.38. The quantitative estimate of drug-likeness (QED) is 0.526. The highest BCUT2D eigenvalue weighted by atomic mass is 16.5. The van der Waals surface area contributed by atoms with E-state index >= 15 is 0 Å². The van der Waals surface area contributed by atoms with E-state index in [-0.39, 0.29) is 0 Å². The van der Waals surface area contributed by atoms with E-state index in [2.05, 4.69) is 12.6 Å². The number of allylic oxidation sites excluding steroid dienone is 1. The highest BCUT2D eigenvalue weighted by molar-refractivity contribution is 5.75. The van der Waals surface area contributed by atoms with Crippen LogP contribution in [0.3, 0.4) is 0 Å².